The zero-order valence-corrected chi connectivity index (χ0v) is 16.3. The van der Waals surface area contributed by atoms with Crippen molar-refractivity contribution in [2.45, 2.75) is 46.2 Å². The van der Waals surface area contributed by atoms with Crippen LogP contribution < -0.4 is 5.73 Å². The maximum absolute atomic E-state index is 12.2. The zero-order valence-electron chi connectivity index (χ0n) is 14.1. The summed E-state index contributed by atoms with van der Waals surface area (Å²) in [5.74, 6) is 0.290. The van der Waals surface area contributed by atoms with Gasteiger partial charge in [-0.3, -0.25) is 0 Å². The minimum absolute atomic E-state index is 0.138. The molecule has 1 atom stereocenters. The number of nitrogens with two attached hydrogens (primary N) is 1. The Morgan fingerprint density at radius 3 is 2.92 bits per heavy atom. The van der Waals surface area contributed by atoms with Gasteiger partial charge < -0.3 is 15.1 Å². The lowest BCUT2D eigenvalue weighted by atomic mass is 9.98. The molecule has 1 aliphatic heterocycles. The van der Waals surface area contributed by atoms with E-state index >= 15 is 0 Å². The lowest BCUT2D eigenvalue weighted by molar-refractivity contribution is -0.205. The van der Waals surface area contributed by atoms with Crippen LogP contribution in [0.25, 0.3) is 11.0 Å². The zero-order chi connectivity index (χ0) is 17.5. The summed E-state index contributed by atoms with van der Waals surface area (Å²) < 4.78 is 3.10. The van der Waals surface area contributed by atoms with Crippen molar-refractivity contribution in [1.29, 1.82) is 0 Å². The summed E-state index contributed by atoms with van der Waals surface area (Å²) in [6.45, 7) is 7.05. The molecule has 7 nitrogen and oxygen atoms in total. The molecule has 0 aliphatic carbocycles. The first-order chi connectivity index (χ1) is 11.3. The third kappa shape index (κ3) is 3.34. The van der Waals surface area contributed by atoms with E-state index in [0.29, 0.717) is 12.4 Å². The van der Waals surface area contributed by atoms with Gasteiger partial charge >= 0.3 is 5.97 Å². The summed E-state index contributed by atoms with van der Waals surface area (Å²) >= 11 is 2.25. The molecule has 0 radical (unpaired) electrons. The Morgan fingerprint density at radius 2 is 2.21 bits per heavy atom. The summed E-state index contributed by atoms with van der Waals surface area (Å²) in [4.78, 5) is 26.2. The lowest BCUT2D eigenvalue weighted by Gasteiger charge is -2.27. The van der Waals surface area contributed by atoms with E-state index in [1.54, 1.807) is 0 Å². The van der Waals surface area contributed by atoms with Gasteiger partial charge in [-0.25, -0.2) is 14.8 Å². The molecule has 3 rings (SSSR count). The predicted molar refractivity (Wildman–Crippen MR) is 99.9 cm³/mol. The van der Waals surface area contributed by atoms with Crippen molar-refractivity contribution in [3.8, 4) is 0 Å². The van der Waals surface area contributed by atoms with Crippen molar-refractivity contribution in [3.63, 3.8) is 0 Å². The molecular formula is C16H22IN5O2. The first kappa shape index (κ1) is 17.4. The van der Waals surface area contributed by atoms with Crippen LogP contribution in [0, 0.1) is 8.99 Å². The van der Waals surface area contributed by atoms with Crippen molar-refractivity contribution in [2.75, 3.05) is 12.3 Å². The highest BCUT2D eigenvalue weighted by Crippen LogP contribution is 2.28. The number of aromatic nitrogens is 3. The van der Waals surface area contributed by atoms with E-state index in [-0.39, 0.29) is 12.0 Å². The quantitative estimate of drug-likeness (QED) is 0.735. The second-order valence-corrected chi connectivity index (χ2v) is 8.31. The molecule has 0 bridgehead atoms. The fourth-order valence-electron chi connectivity index (χ4n) is 2.82. The smallest absolute Gasteiger partial charge is 0.330 e. The van der Waals surface area contributed by atoms with Gasteiger partial charge in [0.15, 0.2) is 0 Å². The van der Waals surface area contributed by atoms with Crippen molar-refractivity contribution >= 4 is 45.4 Å². The van der Waals surface area contributed by atoms with Crippen LogP contribution in [0.3, 0.4) is 0 Å². The fraction of sp³-hybridized carbons (Fsp3) is 0.562. The molecule has 1 unspecified atom stereocenters. The number of hydrogen-bond acceptors (Lipinski definition) is 6. The minimum atomic E-state index is -0.510. The monoisotopic (exact) mass is 443 g/mol. The van der Waals surface area contributed by atoms with Crippen LogP contribution in [-0.2, 0) is 16.2 Å². The highest BCUT2D eigenvalue weighted by Gasteiger charge is 2.32. The van der Waals surface area contributed by atoms with Gasteiger partial charge in [0.05, 0.1) is 16.8 Å². The molecule has 2 aromatic heterocycles. The highest BCUT2D eigenvalue weighted by atomic mass is 127. The molecule has 0 amide bonds. The van der Waals surface area contributed by atoms with Crippen LogP contribution in [0.5, 0.6) is 0 Å². The summed E-state index contributed by atoms with van der Waals surface area (Å²) in [5, 5.41) is 2.70. The van der Waals surface area contributed by atoms with Gasteiger partial charge in [0.25, 0.3) is 0 Å². The Kier molecular flexibility index (Phi) is 4.69. The molecule has 0 aromatic carbocycles. The van der Waals surface area contributed by atoms with Gasteiger partial charge in [-0.1, -0.05) is 0 Å². The molecule has 1 saturated heterocycles. The van der Waals surface area contributed by atoms with Crippen molar-refractivity contribution < 1.29 is 9.63 Å². The second kappa shape index (κ2) is 6.47. The fourth-order valence-corrected chi connectivity index (χ4v) is 3.67. The van der Waals surface area contributed by atoms with E-state index in [1.807, 2.05) is 32.0 Å². The average Bonchev–Trinajstić information content (AvgIpc) is 3.05. The Balaban J connectivity index is 1.81. The number of hydroxylamine groups is 2. The van der Waals surface area contributed by atoms with Gasteiger partial charge in [-0.15, -0.1) is 5.06 Å². The molecule has 1 fully saturated rings. The molecule has 0 saturated carbocycles. The topological polar surface area (TPSA) is 86.3 Å². The third-order valence-electron chi connectivity index (χ3n) is 4.18. The van der Waals surface area contributed by atoms with Crippen molar-refractivity contribution in [1.82, 2.24) is 19.6 Å². The highest BCUT2D eigenvalue weighted by molar-refractivity contribution is 14.1. The van der Waals surface area contributed by atoms with Gasteiger partial charge in [-0.05, 0) is 56.2 Å². The molecule has 0 spiro atoms. The van der Waals surface area contributed by atoms with Crippen molar-refractivity contribution in [2.24, 2.45) is 5.41 Å². The molecule has 8 heteroatoms. The number of hydrogen-bond donors (Lipinski definition) is 1. The standard InChI is InChI=1S/C16H22IN5O2/c1-16(2,3)15(23)24-22-6-4-5-10(22)7-21-8-11(17)12-13(18)19-9-20-14(12)21/h8-10H,4-7H2,1-3H3,(H2,18,19,20). The minimum Gasteiger partial charge on any atom is -0.383 e. The Hall–Kier alpha value is -1.42. The Morgan fingerprint density at radius 1 is 1.46 bits per heavy atom. The summed E-state index contributed by atoms with van der Waals surface area (Å²) in [5.41, 5.74) is 6.28. The van der Waals surface area contributed by atoms with E-state index in [2.05, 4.69) is 37.1 Å². The number of nitrogens with zero attached hydrogens (tertiary/aromatic N) is 4. The third-order valence-corrected chi connectivity index (χ3v) is 5.00. The van der Waals surface area contributed by atoms with Crippen LogP contribution in [-0.4, -0.2) is 38.2 Å². The molecule has 130 valence electrons. The van der Waals surface area contributed by atoms with Crippen LogP contribution in [0.15, 0.2) is 12.5 Å². The van der Waals surface area contributed by atoms with Gasteiger partial charge in [-0.2, -0.15) is 0 Å². The molecule has 24 heavy (non-hydrogen) atoms. The number of anilines is 1. The normalized spacial score (nSPS) is 19.1. The second-order valence-electron chi connectivity index (χ2n) is 7.15. The van der Waals surface area contributed by atoms with E-state index in [4.69, 9.17) is 10.6 Å². The summed E-state index contributed by atoms with van der Waals surface area (Å²) in [6, 6.07) is 0.138. The van der Waals surface area contributed by atoms with Crippen LogP contribution in [0.4, 0.5) is 5.82 Å². The van der Waals surface area contributed by atoms with E-state index in [0.717, 1.165) is 34.0 Å². The molecular weight excluding hydrogens is 421 g/mol. The summed E-state index contributed by atoms with van der Waals surface area (Å²) in [6.07, 6.45) is 5.50. The van der Waals surface area contributed by atoms with Crippen LogP contribution in [0.2, 0.25) is 0 Å². The number of rotatable bonds is 3. The lowest BCUT2D eigenvalue weighted by Crippen LogP contribution is -2.38. The maximum atomic E-state index is 12.2. The first-order valence-corrected chi connectivity index (χ1v) is 9.09. The van der Waals surface area contributed by atoms with Crippen molar-refractivity contribution in [3.05, 3.63) is 16.1 Å². The van der Waals surface area contributed by atoms with Gasteiger partial charge in [0.2, 0.25) is 0 Å². The number of nitrogen functional groups attached to an aromatic ring is 1. The van der Waals surface area contributed by atoms with E-state index in [9.17, 15) is 4.79 Å². The molecule has 2 aromatic rings. The SMILES string of the molecule is CC(C)(C)C(=O)ON1CCCC1Cn1cc(I)c2c(N)ncnc21. The van der Waals surface area contributed by atoms with Crippen LogP contribution in [0.1, 0.15) is 33.6 Å². The summed E-state index contributed by atoms with van der Waals surface area (Å²) in [7, 11) is 0. The van der Waals surface area contributed by atoms with E-state index < -0.39 is 5.41 Å². The number of carbonyl (C=O) groups excluding carboxylic acids is 1. The van der Waals surface area contributed by atoms with Gasteiger partial charge in [0, 0.05) is 22.9 Å². The Bertz CT molecular complexity index is 768. The Labute approximate surface area is 154 Å². The van der Waals surface area contributed by atoms with E-state index in [1.165, 1.54) is 6.33 Å². The number of halogens is 1. The molecule has 2 N–H and O–H groups in total. The number of fused-ring (bicyclic) bond motifs is 1. The molecule has 3 heterocycles. The average molecular weight is 443 g/mol. The predicted octanol–water partition coefficient (Wildman–Crippen LogP) is 2.59. The maximum Gasteiger partial charge on any atom is 0.330 e. The van der Waals surface area contributed by atoms with Crippen LogP contribution >= 0.6 is 22.6 Å². The first-order valence-electron chi connectivity index (χ1n) is 8.01. The number of carbonyl (C=O) groups is 1. The largest absolute Gasteiger partial charge is 0.383 e. The molecule has 1 aliphatic rings. The van der Waals surface area contributed by atoms with Gasteiger partial charge in [0.1, 0.15) is 17.8 Å².